The molecule has 0 aliphatic carbocycles. The second-order valence-corrected chi connectivity index (χ2v) is 6.33. The molecule has 1 saturated heterocycles. The van der Waals surface area contributed by atoms with E-state index in [2.05, 4.69) is 52.5 Å². The number of hydrogen-bond donors (Lipinski definition) is 1. The highest BCUT2D eigenvalue weighted by Crippen LogP contribution is 2.14. The van der Waals surface area contributed by atoms with Crippen LogP contribution in [-0.2, 0) is 6.54 Å². The Hall–Kier alpha value is -1.43. The first-order valence-electron chi connectivity index (χ1n) is 8.03. The lowest BCUT2D eigenvalue weighted by Gasteiger charge is -2.31. The molecule has 1 aliphatic heterocycles. The molecule has 0 radical (unpaired) electrons. The SMILES string of the molecule is CNC1CCCN(Cc2cnn(-c3cc(C)cc(C)c3)n2)C1.Cl. The van der Waals surface area contributed by atoms with Gasteiger partial charge in [-0.3, -0.25) is 4.90 Å². The number of benzene rings is 1. The van der Waals surface area contributed by atoms with Crippen LogP contribution in [0.2, 0.25) is 0 Å². The Balaban J connectivity index is 0.00000192. The van der Waals surface area contributed by atoms with Crippen molar-refractivity contribution in [2.24, 2.45) is 0 Å². The lowest BCUT2D eigenvalue weighted by atomic mass is 10.1. The highest BCUT2D eigenvalue weighted by atomic mass is 35.5. The summed E-state index contributed by atoms with van der Waals surface area (Å²) in [6.45, 7) is 7.32. The third-order valence-electron chi connectivity index (χ3n) is 4.28. The average molecular weight is 336 g/mol. The van der Waals surface area contributed by atoms with Gasteiger partial charge in [-0.2, -0.15) is 15.0 Å². The van der Waals surface area contributed by atoms with Crippen LogP contribution < -0.4 is 5.32 Å². The van der Waals surface area contributed by atoms with E-state index in [1.165, 1.54) is 24.0 Å². The third-order valence-corrected chi connectivity index (χ3v) is 4.28. The molecule has 1 aromatic carbocycles. The summed E-state index contributed by atoms with van der Waals surface area (Å²) in [6.07, 6.45) is 4.40. The zero-order valence-corrected chi connectivity index (χ0v) is 14.9. The van der Waals surface area contributed by atoms with Gasteiger partial charge in [0, 0.05) is 19.1 Å². The van der Waals surface area contributed by atoms with Crippen LogP contribution in [0, 0.1) is 13.8 Å². The van der Waals surface area contributed by atoms with Gasteiger partial charge in [-0.25, -0.2) is 0 Å². The van der Waals surface area contributed by atoms with Crippen molar-refractivity contribution in [1.29, 1.82) is 0 Å². The van der Waals surface area contributed by atoms with Crippen LogP contribution in [0.4, 0.5) is 0 Å². The molecule has 126 valence electrons. The van der Waals surface area contributed by atoms with Crippen LogP contribution in [0.1, 0.15) is 29.7 Å². The van der Waals surface area contributed by atoms with E-state index >= 15 is 0 Å². The highest BCUT2D eigenvalue weighted by molar-refractivity contribution is 5.85. The maximum absolute atomic E-state index is 4.65. The van der Waals surface area contributed by atoms with Gasteiger partial charge in [-0.15, -0.1) is 12.4 Å². The predicted molar refractivity (Wildman–Crippen MR) is 95.4 cm³/mol. The normalized spacial score (nSPS) is 18.7. The molecule has 23 heavy (non-hydrogen) atoms. The predicted octanol–water partition coefficient (Wildman–Crippen LogP) is 2.49. The first-order valence-corrected chi connectivity index (χ1v) is 8.03. The first-order chi connectivity index (χ1) is 10.6. The molecule has 1 aromatic heterocycles. The minimum atomic E-state index is 0. The summed E-state index contributed by atoms with van der Waals surface area (Å²) in [7, 11) is 2.05. The Morgan fingerprint density at radius 1 is 1.22 bits per heavy atom. The van der Waals surface area contributed by atoms with Crippen molar-refractivity contribution in [2.75, 3.05) is 20.1 Å². The van der Waals surface area contributed by atoms with Gasteiger partial charge in [-0.05, 0) is 63.5 Å². The Kier molecular flexibility index (Phi) is 6.16. The fraction of sp³-hybridized carbons (Fsp3) is 0.529. The van der Waals surface area contributed by atoms with E-state index in [1.54, 1.807) is 4.80 Å². The number of piperidine rings is 1. The number of likely N-dealkylation sites (tertiary alicyclic amines) is 1. The smallest absolute Gasteiger partial charge is 0.0971 e. The maximum atomic E-state index is 4.65. The number of rotatable bonds is 4. The molecule has 1 fully saturated rings. The summed E-state index contributed by atoms with van der Waals surface area (Å²) in [4.78, 5) is 4.20. The van der Waals surface area contributed by atoms with Crippen LogP contribution in [0.25, 0.3) is 5.69 Å². The van der Waals surface area contributed by atoms with Gasteiger partial charge in [0.25, 0.3) is 0 Å². The van der Waals surface area contributed by atoms with E-state index in [1.807, 2.05) is 13.2 Å². The number of aryl methyl sites for hydroxylation is 2. The van der Waals surface area contributed by atoms with E-state index in [-0.39, 0.29) is 12.4 Å². The molecule has 1 atom stereocenters. The summed E-state index contributed by atoms with van der Waals surface area (Å²) in [6, 6.07) is 7.01. The summed E-state index contributed by atoms with van der Waals surface area (Å²) in [5, 5.41) is 12.5. The molecule has 2 heterocycles. The Morgan fingerprint density at radius 3 is 2.65 bits per heavy atom. The molecule has 0 amide bonds. The molecule has 1 N–H and O–H groups in total. The molecule has 1 unspecified atom stereocenters. The Morgan fingerprint density at radius 2 is 1.96 bits per heavy atom. The topological polar surface area (TPSA) is 46.0 Å². The lowest BCUT2D eigenvalue weighted by Crippen LogP contribution is -2.43. The highest BCUT2D eigenvalue weighted by Gasteiger charge is 2.19. The summed E-state index contributed by atoms with van der Waals surface area (Å²) in [5.74, 6) is 0. The van der Waals surface area contributed by atoms with E-state index in [0.717, 1.165) is 31.0 Å². The molecule has 0 bridgehead atoms. The fourth-order valence-electron chi connectivity index (χ4n) is 3.22. The maximum Gasteiger partial charge on any atom is 0.0971 e. The van der Waals surface area contributed by atoms with E-state index in [4.69, 9.17) is 0 Å². The number of halogens is 1. The zero-order chi connectivity index (χ0) is 15.5. The van der Waals surface area contributed by atoms with Crippen molar-refractivity contribution < 1.29 is 0 Å². The molecule has 0 saturated carbocycles. The largest absolute Gasteiger partial charge is 0.316 e. The van der Waals surface area contributed by atoms with Crippen LogP contribution in [0.5, 0.6) is 0 Å². The van der Waals surface area contributed by atoms with Crippen LogP contribution in [-0.4, -0.2) is 46.1 Å². The summed E-state index contributed by atoms with van der Waals surface area (Å²) < 4.78 is 0. The molecule has 1 aliphatic rings. The van der Waals surface area contributed by atoms with Gasteiger partial charge < -0.3 is 5.32 Å². The number of likely N-dealkylation sites (N-methyl/N-ethyl adjacent to an activating group) is 1. The molecule has 2 aromatic rings. The van der Waals surface area contributed by atoms with Crippen molar-refractivity contribution in [3.8, 4) is 5.69 Å². The molecule has 6 heteroatoms. The molecular formula is C17H26ClN5. The number of aromatic nitrogens is 3. The number of nitrogens with zero attached hydrogens (tertiary/aromatic N) is 4. The van der Waals surface area contributed by atoms with Crippen molar-refractivity contribution in [2.45, 2.75) is 39.3 Å². The Bertz CT molecular complexity index is 619. The Labute approximate surface area is 144 Å². The number of nitrogens with one attached hydrogen (secondary N) is 1. The minimum Gasteiger partial charge on any atom is -0.316 e. The lowest BCUT2D eigenvalue weighted by molar-refractivity contribution is 0.186. The van der Waals surface area contributed by atoms with E-state index in [0.29, 0.717) is 6.04 Å². The van der Waals surface area contributed by atoms with E-state index < -0.39 is 0 Å². The first kappa shape index (κ1) is 17.9. The molecule has 5 nitrogen and oxygen atoms in total. The van der Waals surface area contributed by atoms with Gasteiger partial charge in [0.15, 0.2) is 0 Å². The van der Waals surface area contributed by atoms with Gasteiger partial charge in [0.2, 0.25) is 0 Å². The van der Waals surface area contributed by atoms with Gasteiger partial charge in [0.1, 0.15) is 0 Å². The fourth-order valence-corrected chi connectivity index (χ4v) is 3.22. The second kappa shape index (κ2) is 7.90. The minimum absolute atomic E-state index is 0. The van der Waals surface area contributed by atoms with Crippen molar-refractivity contribution in [1.82, 2.24) is 25.2 Å². The second-order valence-electron chi connectivity index (χ2n) is 6.33. The summed E-state index contributed by atoms with van der Waals surface area (Å²) >= 11 is 0. The molecule has 0 spiro atoms. The number of hydrogen-bond acceptors (Lipinski definition) is 4. The van der Waals surface area contributed by atoms with Gasteiger partial charge in [-0.1, -0.05) is 6.07 Å². The standard InChI is InChI=1S/C17H25N5.ClH/c1-13-7-14(2)9-17(8-13)22-19-10-16(20-22)12-21-6-4-5-15(11-21)18-3;/h7-10,15,18H,4-6,11-12H2,1-3H3;1H. The molecule has 3 rings (SSSR count). The summed E-state index contributed by atoms with van der Waals surface area (Å²) in [5.41, 5.74) is 4.55. The average Bonchev–Trinajstić information content (AvgIpc) is 2.95. The van der Waals surface area contributed by atoms with Gasteiger partial charge >= 0.3 is 0 Å². The van der Waals surface area contributed by atoms with Crippen LogP contribution in [0.15, 0.2) is 24.4 Å². The van der Waals surface area contributed by atoms with Crippen molar-refractivity contribution in [3.05, 3.63) is 41.2 Å². The van der Waals surface area contributed by atoms with E-state index in [9.17, 15) is 0 Å². The third kappa shape index (κ3) is 4.53. The zero-order valence-electron chi connectivity index (χ0n) is 14.1. The van der Waals surface area contributed by atoms with Crippen LogP contribution >= 0.6 is 12.4 Å². The van der Waals surface area contributed by atoms with Crippen molar-refractivity contribution >= 4 is 12.4 Å². The quantitative estimate of drug-likeness (QED) is 0.932. The molecular weight excluding hydrogens is 310 g/mol. The van der Waals surface area contributed by atoms with Crippen molar-refractivity contribution in [3.63, 3.8) is 0 Å². The monoisotopic (exact) mass is 335 g/mol. The van der Waals surface area contributed by atoms with Crippen LogP contribution in [0.3, 0.4) is 0 Å². The van der Waals surface area contributed by atoms with Gasteiger partial charge in [0.05, 0.1) is 17.6 Å².